The Morgan fingerprint density at radius 3 is 2.37 bits per heavy atom. The fraction of sp³-hybridized carbons (Fsp3) is 0.432. The van der Waals surface area contributed by atoms with Crippen molar-refractivity contribution < 1.29 is 19.1 Å². The van der Waals surface area contributed by atoms with Crippen LogP contribution in [-0.2, 0) is 20.7 Å². The normalized spacial score (nSPS) is 21.1. The monoisotopic (exact) mass is 666 g/mol. The average molecular weight is 667 g/mol. The summed E-state index contributed by atoms with van der Waals surface area (Å²) in [6.45, 7) is 8.26. The third kappa shape index (κ3) is 9.21. The van der Waals surface area contributed by atoms with Crippen molar-refractivity contribution in [2.24, 2.45) is 11.8 Å². The highest BCUT2D eigenvalue weighted by Crippen LogP contribution is 2.39. The SMILES string of the molecule is Cc1cc(N)ccc1-c1ccc(CC(NC2OC2C2CCC(CNC(=O)OC(C)(C)C)CC2)C(=O)Nc2ccc(-c3nn[nH]n3)cc2)cc1. The van der Waals surface area contributed by atoms with E-state index in [2.05, 4.69) is 67.8 Å². The number of carbonyl (C=O) groups excluding carboxylic acids is 2. The lowest BCUT2D eigenvalue weighted by Gasteiger charge is -2.28. The van der Waals surface area contributed by atoms with E-state index in [9.17, 15) is 9.59 Å². The van der Waals surface area contributed by atoms with Gasteiger partial charge in [0.2, 0.25) is 11.7 Å². The summed E-state index contributed by atoms with van der Waals surface area (Å²) in [5, 5.41) is 23.6. The molecule has 1 aliphatic heterocycles. The van der Waals surface area contributed by atoms with Gasteiger partial charge in [-0.3, -0.25) is 10.1 Å². The molecule has 0 radical (unpaired) electrons. The van der Waals surface area contributed by atoms with Gasteiger partial charge in [-0.1, -0.05) is 30.3 Å². The number of hydrogen-bond acceptors (Lipinski definition) is 9. The number of amides is 2. The molecular formula is C37H46N8O4. The quantitative estimate of drug-likeness (QED) is 0.101. The molecule has 2 amide bonds. The summed E-state index contributed by atoms with van der Waals surface area (Å²) >= 11 is 0. The first-order valence-corrected chi connectivity index (χ1v) is 17.0. The number of epoxide rings is 1. The lowest BCUT2D eigenvalue weighted by atomic mass is 9.80. The minimum atomic E-state index is -0.523. The van der Waals surface area contributed by atoms with Gasteiger partial charge >= 0.3 is 6.09 Å². The second kappa shape index (κ2) is 14.8. The number of alkyl carbamates (subject to hydrolysis) is 1. The molecular weight excluding hydrogens is 620 g/mol. The van der Waals surface area contributed by atoms with Gasteiger partial charge in [0.05, 0.1) is 6.04 Å². The predicted octanol–water partition coefficient (Wildman–Crippen LogP) is 5.62. The van der Waals surface area contributed by atoms with Crippen LogP contribution in [0.1, 0.15) is 57.6 Å². The number of nitrogens with two attached hydrogens (primary N) is 1. The molecule has 2 fully saturated rings. The van der Waals surface area contributed by atoms with E-state index in [1.165, 1.54) is 0 Å². The van der Waals surface area contributed by atoms with E-state index in [1.54, 1.807) is 0 Å². The van der Waals surface area contributed by atoms with Gasteiger partial charge in [0.25, 0.3) is 0 Å². The summed E-state index contributed by atoms with van der Waals surface area (Å²) in [6.07, 6.45) is 4.02. The Balaban J connectivity index is 1.08. The van der Waals surface area contributed by atoms with Crippen LogP contribution in [0.25, 0.3) is 22.5 Å². The number of tetrazole rings is 1. The van der Waals surface area contributed by atoms with Gasteiger partial charge in [-0.15, -0.1) is 10.2 Å². The third-order valence-corrected chi connectivity index (χ3v) is 9.21. The van der Waals surface area contributed by atoms with Gasteiger partial charge in [-0.25, -0.2) is 4.79 Å². The molecule has 49 heavy (non-hydrogen) atoms. The number of nitrogens with one attached hydrogen (secondary N) is 4. The van der Waals surface area contributed by atoms with Gasteiger partial charge in [-0.05, 0) is 136 Å². The molecule has 1 aliphatic carbocycles. The molecule has 6 rings (SSSR count). The van der Waals surface area contributed by atoms with Crippen molar-refractivity contribution in [3.8, 4) is 22.5 Å². The summed E-state index contributed by atoms with van der Waals surface area (Å²) in [4.78, 5) is 25.9. The lowest BCUT2D eigenvalue weighted by molar-refractivity contribution is -0.118. The maximum absolute atomic E-state index is 13.8. The Morgan fingerprint density at radius 2 is 1.71 bits per heavy atom. The van der Waals surface area contributed by atoms with E-state index < -0.39 is 11.6 Å². The van der Waals surface area contributed by atoms with Gasteiger partial charge in [0.1, 0.15) is 17.9 Å². The van der Waals surface area contributed by atoms with E-state index >= 15 is 0 Å². The van der Waals surface area contributed by atoms with Crippen LogP contribution in [0.3, 0.4) is 0 Å². The molecule has 3 atom stereocenters. The largest absolute Gasteiger partial charge is 0.444 e. The minimum Gasteiger partial charge on any atom is -0.444 e. The molecule has 0 bridgehead atoms. The van der Waals surface area contributed by atoms with E-state index in [-0.39, 0.29) is 24.3 Å². The van der Waals surface area contributed by atoms with E-state index in [0.717, 1.165) is 59.2 Å². The number of carbonyl (C=O) groups is 2. The fourth-order valence-corrected chi connectivity index (χ4v) is 6.59. The van der Waals surface area contributed by atoms with Gasteiger partial charge < -0.3 is 25.8 Å². The second-order valence-electron chi connectivity index (χ2n) is 14.2. The number of nitrogens with zero attached hydrogens (tertiary/aromatic N) is 3. The Bertz CT molecular complexity index is 1710. The van der Waals surface area contributed by atoms with Crippen LogP contribution in [0.4, 0.5) is 16.2 Å². The fourth-order valence-electron chi connectivity index (χ4n) is 6.59. The molecule has 12 heteroatoms. The van der Waals surface area contributed by atoms with E-state index in [0.29, 0.717) is 36.3 Å². The highest BCUT2D eigenvalue weighted by molar-refractivity contribution is 5.95. The smallest absolute Gasteiger partial charge is 0.407 e. The van der Waals surface area contributed by atoms with Crippen molar-refractivity contribution in [3.63, 3.8) is 0 Å². The number of anilines is 2. The number of aromatic amines is 1. The van der Waals surface area contributed by atoms with Crippen molar-refractivity contribution in [2.45, 2.75) is 83.8 Å². The standard InChI is InChI=1S/C37H46N8O4/c1-22-19-28(38)15-18-30(22)25-9-5-23(6-10-25)20-31(34(46)40-29-16-13-27(14-17-29)33-42-44-45-43-33)41-35-32(48-35)26-11-7-24(8-12-26)21-39-36(47)49-37(2,3)4/h5-6,9-10,13-19,24,26,31-32,35,41H,7-8,11-12,20-21,38H2,1-4H3,(H,39,47)(H,40,46)(H,42,43,44,45). The zero-order valence-electron chi connectivity index (χ0n) is 28.5. The zero-order chi connectivity index (χ0) is 34.5. The average Bonchev–Trinajstić information content (AvgIpc) is 3.61. The van der Waals surface area contributed by atoms with Gasteiger partial charge in [-0.2, -0.15) is 5.21 Å². The lowest BCUT2D eigenvalue weighted by Crippen LogP contribution is -2.44. The predicted molar refractivity (Wildman–Crippen MR) is 188 cm³/mol. The van der Waals surface area contributed by atoms with E-state index in [1.807, 2.05) is 63.2 Å². The van der Waals surface area contributed by atoms with Gasteiger partial charge in [0.15, 0.2) is 0 Å². The molecule has 1 aromatic heterocycles. The number of rotatable bonds is 11. The number of aromatic nitrogens is 4. The zero-order valence-corrected chi connectivity index (χ0v) is 28.5. The first-order chi connectivity index (χ1) is 23.5. The number of hydrogen-bond donors (Lipinski definition) is 5. The minimum absolute atomic E-state index is 0.0557. The van der Waals surface area contributed by atoms with Crippen LogP contribution in [-0.4, -0.2) is 63.1 Å². The Labute approximate surface area is 286 Å². The number of nitrogen functional groups attached to an aromatic ring is 1. The molecule has 1 saturated heterocycles. The number of aryl methyl sites for hydroxylation is 1. The van der Waals surface area contributed by atoms with Crippen LogP contribution in [0, 0.1) is 18.8 Å². The van der Waals surface area contributed by atoms with Crippen LogP contribution < -0.4 is 21.7 Å². The summed E-state index contributed by atoms with van der Waals surface area (Å²) in [7, 11) is 0. The topological polar surface area (TPSA) is 172 Å². The van der Waals surface area contributed by atoms with Crippen molar-refractivity contribution in [3.05, 3.63) is 77.9 Å². The second-order valence-corrected chi connectivity index (χ2v) is 14.2. The molecule has 1 saturated carbocycles. The molecule has 4 aromatic rings. The van der Waals surface area contributed by atoms with Crippen molar-refractivity contribution in [2.75, 3.05) is 17.6 Å². The molecule has 258 valence electrons. The first-order valence-electron chi connectivity index (χ1n) is 17.0. The third-order valence-electron chi connectivity index (χ3n) is 9.21. The summed E-state index contributed by atoms with van der Waals surface area (Å²) in [5.41, 5.74) is 12.0. The highest BCUT2D eigenvalue weighted by atomic mass is 16.6. The molecule has 0 spiro atoms. The Morgan fingerprint density at radius 1 is 1.00 bits per heavy atom. The molecule has 3 aromatic carbocycles. The summed E-state index contributed by atoms with van der Waals surface area (Å²) in [6, 6.07) is 21.1. The maximum atomic E-state index is 13.8. The number of H-pyrrole nitrogens is 1. The maximum Gasteiger partial charge on any atom is 0.407 e. The Hall–Kier alpha value is -4.81. The summed E-state index contributed by atoms with van der Waals surface area (Å²) in [5.74, 6) is 1.16. The van der Waals surface area contributed by atoms with Crippen LogP contribution in [0.15, 0.2) is 66.7 Å². The number of benzene rings is 3. The van der Waals surface area contributed by atoms with Crippen LogP contribution >= 0.6 is 0 Å². The van der Waals surface area contributed by atoms with Crippen LogP contribution in [0.5, 0.6) is 0 Å². The van der Waals surface area contributed by atoms with Crippen molar-refractivity contribution >= 4 is 23.4 Å². The molecule has 12 nitrogen and oxygen atoms in total. The summed E-state index contributed by atoms with van der Waals surface area (Å²) < 4.78 is 11.5. The number of ether oxygens (including phenoxy) is 2. The van der Waals surface area contributed by atoms with Crippen LogP contribution in [0.2, 0.25) is 0 Å². The first kappa shape index (κ1) is 34.1. The Kier molecular flexibility index (Phi) is 10.3. The highest BCUT2D eigenvalue weighted by Gasteiger charge is 2.47. The van der Waals surface area contributed by atoms with Crippen molar-refractivity contribution in [1.29, 1.82) is 0 Å². The molecule has 2 heterocycles. The molecule has 6 N–H and O–H groups in total. The molecule has 2 aliphatic rings. The molecule has 3 unspecified atom stereocenters. The van der Waals surface area contributed by atoms with E-state index in [4.69, 9.17) is 15.2 Å². The van der Waals surface area contributed by atoms with Gasteiger partial charge in [0, 0.05) is 23.5 Å². The van der Waals surface area contributed by atoms with Crippen molar-refractivity contribution in [1.82, 2.24) is 31.3 Å².